The quantitative estimate of drug-likeness (QED) is 0.532. The average molecular weight is 186 g/mol. The SMILES string of the molecule is C=C1C(C)=C2C(C)=C(C)C(C)=C2[C@H]1C. The first-order chi connectivity index (χ1) is 6.46. The predicted octanol–water partition coefficient (Wildman–Crippen LogP) is 4.18. The molecule has 1 atom stereocenters. The van der Waals surface area contributed by atoms with Crippen LogP contribution >= 0.6 is 0 Å². The Morgan fingerprint density at radius 2 is 1.43 bits per heavy atom. The summed E-state index contributed by atoms with van der Waals surface area (Å²) in [6.07, 6.45) is 0. The predicted molar refractivity (Wildman–Crippen MR) is 62.1 cm³/mol. The van der Waals surface area contributed by atoms with Crippen molar-refractivity contribution in [3.05, 3.63) is 45.6 Å². The van der Waals surface area contributed by atoms with Crippen LogP contribution in [0.15, 0.2) is 45.6 Å². The molecular weight excluding hydrogens is 168 g/mol. The summed E-state index contributed by atoms with van der Waals surface area (Å²) >= 11 is 0. The molecule has 0 N–H and O–H groups in total. The molecule has 0 saturated carbocycles. The summed E-state index contributed by atoms with van der Waals surface area (Å²) < 4.78 is 0. The van der Waals surface area contributed by atoms with Gasteiger partial charge in [0.1, 0.15) is 0 Å². The van der Waals surface area contributed by atoms with Crippen LogP contribution in [-0.2, 0) is 0 Å². The van der Waals surface area contributed by atoms with Crippen molar-refractivity contribution in [3.8, 4) is 0 Å². The Morgan fingerprint density at radius 1 is 0.857 bits per heavy atom. The molecule has 0 nitrogen and oxygen atoms in total. The second kappa shape index (κ2) is 2.73. The van der Waals surface area contributed by atoms with Crippen molar-refractivity contribution in [1.82, 2.24) is 0 Å². The van der Waals surface area contributed by atoms with Crippen molar-refractivity contribution in [2.24, 2.45) is 5.92 Å². The first kappa shape index (κ1) is 9.51. The molecule has 74 valence electrons. The standard InChI is InChI=1S/C14H18/c1-7-9(3)13-11(5)8(2)12(6)14(13)10(7)4/h9H,1H2,2-6H3/t9-/m0/s1. The van der Waals surface area contributed by atoms with E-state index in [9.17, 15) is 0 Å². The minimum atomic E-state index is 0.525. The molecule has 0 heteroatoms. The van der Waals surface area contributed by atoms with Gasteiger partial charge in [-0.1, -0.05) is 13.5 Å². The van der Waals surface area contributed by atoms with Gasteiger partial charge in [0.15, 0.2) is 0 Å². The van der Waals surface area contributed by atoms with Gasteiger partial charge < -0.3 is 0 Å². The number of hydrogen-bond acceptors (Lipinski definition) is 0. The summed E-state index contributed by atoms with van der Waals surface area (Å²) in [5, 5.41) is 0. The van der Waals surface area contributed by atoms with Crippen molar-refractivity contribution in [1.29, 1.82) is 0 Å². The van der Waals surface area contributed by atoms with Crippen molar-refractivity contribution < 1.29 is 0 Å². The molecule has 0 aromatic heterocycles. The lowest BCUT2D eigenvalue weighted by atomic mass is 9.95. The monoisotopic (exact) mass is 186 g/mol. The van der Waals surface area contributed by atoms with E-state index in [1.807, 2.05) is 0 Å². The van der Waals surface area contributed by atoms with E-state index in [1.165, 1.54) is 39.0 Å². The fourth-order valence-electron chi connectivity index (χ4n) is 2.74. The summed E-state index contributed by atoms with van der Waals surface area (Å²) in [4.78, 5) is 0. The lowest BCUT2D eigenvalue weighted by molar-refractivity contribution is 0.858. The van der Waals surface area contributed by atoms with Crippen LogP contribution in [0.25, 0.3) is 0 Å². The van der Waals surface area contributed by atoms with Gasteiger partial charge >= 0.3 is 0 Å². The molecule has 2 rings (SSSR count). The molecule has 0 aromatic rings. The van der Waals surface area contributed by atoms with Gasteiger partial charge in [-0.2, -0.15) is 0 Å². The van der Waals surface area contributed by atoms with Gasteiger partial charge in [-0.25, -0.2) is 0 Å². The van der Waals surface area contributed by atoms with Gasteiger partial charge in [-0.15, -0.1) is 0 Å². The first-order valence-electron chi connectivity index (χ1n) is 5.26. The van der Waals surface area contributed by atoms with Crippen LogP contribution in [0.2, 0.25) is 0 Å². The van der Waals surface area contributed by atoms with Crippen LogP contribution in [0, 0.1) is 5.92 Å². The van der Waals surface area contributed by atoms with Crippen LogP contribution in [0.3, 0.4) is 0 Å². The van der Waals surface area contributed by atoms with E-state index in [0.29, 0.717) is 5.92 Å². The van der Waals surface area contributed by atoms with E-state index in [1.54, 1.807) is 0 Å². The highest BCUT2D eigenvalue weighted by Gasteiger charge is 2.34. The third kappa shape index (κ3) is 0.890. The van der Waals surface area contributed by atoms with Crippen molar-refractivity contribution >= 4 is 0 Å². The molecule has 0 bridgehead atoms. The van der Waals surface area contributed by atoms with Crippen molar-refractivity contribution in [2.75, 3.05) is 0 Å². The van der Waals surface area contributed by atoms with E-state index < -0.39 is 0 Å². The largest absolute Gasteiger partial charge is 0.0949 e. The minimum Gasteiger partial charge on any atom is -0.0949 e. The molecule has 0 spiro atoms. The maximum absolute atomic E-state index is 4.18. The zero-order valence-corrected chi connectivity index (χ0v) is 9.78. The van der Waals surface area contributed by atoms with E-state index in [4.69, 9.17) is 0 Å². The van der Waals surface area contributed by atoms with Gasteiger partial charge in [-0.05, 0) is 66.7 Å². The third-order valence-corrected chi connectivity index (χ3v) is 3.99. The second-order valence-electron chi connectivity index (χ2n) is 4.54. The van der Waals surface area contributed by atoms with Gasteiger partial charge in [0.25, 0.3) is 0 Å². The highest BCUT2D eigenvalue weighted by molar-refractivity contribution is 5.72. The van der Waals surface area contributed by atoms with Gasteiger partial charge in [0, 0.05) is 5.92 Å². The Bertz CT molecular complexity index is 425. The van der Waals surface area contributed by atoms with Crippen LogP contribution in [0.1, 0.15) is 34.6 Å². The van der Waals surface area contributed by atoms with E-state index in [0.717, 1.165) is 0 Å². The molecule has 0 unspecified atom stereocenters. The topological polar surface area (TPSA) is 0 Å². The summed E-state index contributed by atoms with van der Waals surface area (Å²) in [7, 11) is 0. The zero-order chi connectivity index (χ0) is 10.6. The number of allylic oxidation sites excluding steroid dienone is 7. The molecule has 0 aliphatic heterocycles. The van der Waals surface area contributed by atoms with Crippen molar-refractivity contribution in [2.45, 2.75) is 34.6 Å². The lowest BCUT2D eigenvalue weighted by Gasteiger charge is -2.09. The summed E-state index contributed by atoms with van der Waals surface area (Å²) in [6.45, 7) is 15.3. The van der Waals surface area contributed by atoms with Gasteiger partial charge in [0.2, 0.25) is 0 Å². The van der Waals surface area contributed by atoms with Crippen LogP contribution in [0.5, 0.6) is 0 Å². The Hall–Kier alpha value is -1.04. The Morgan fingerprint density at radius 3 is 1.93 bits per heavy atom. The van der Waals surface area contributed by atoms with Gasteiger partial charge in [0.05, 0.1) is 0 Å². The normalized spacial score (nSPS) is 26.9. The first-order valence-corrected chi connectivity index (χ1v) is 5.26. The van der Waals surface area contributed by atoms with E-state index in [-0.39, 0.29) is 0 Å². The average Bonchev–Trinajstić information content (AvgIpc) is 2.51. The number of fused-ring (bicyclic) bond motifs is 1. The molecule has 0 radical (unpaired) electrons. The minimum absolute atomic E-state index is 0.525. The zero-order valence-electron chi connectivity index (χ0n) is 9.78. The molecule has 0 aromatic carbocycles. The lowest BCUT2D eigenvalue weighted by Crippen LogP contribution is -1.96. The van der Waals surface area contributed by atoms with Gasteiger partial charge in [-0.3, -0.25) is 0 Å². The molecule has 0 saturated heterocycles. The maximum atomic E-state index is 4.18. The Balaban J connectivity index is 2.73. The third-order valence-electron chi connectivity index (χ3n) is 3.99. The van der Waals surface area contributed by atoms with Crippen molar-refractivity contribution in [3.63, 3.8) is 0 Å². The molecule has 14 heavy (non-hydrogen) atoms. The van der Waals surface area contributed by atoms with E-state index in [2.05, 4.69) is 41.2 Å². The number of rotatable bonds is 0. The Kier molecular flexibility index (Phi) is 1.85. The smallest absolute Gasteiger partial charge is 0.00668 e. The highest BCUT2D eigenvalue weighted by Crippen LogP contribution is 2.50. The molecule has 0 heterocycles. The molecule has 0 amide bonds. The molecule has 0 fully saturated rings. The summed E-state index contributed by atoms with van der Waals surface area (Å²) in [6, 6.07) is 0. The number of hydrogen-bond donors (Lipinski definition) is 0. The molecule has 2 aliphatic carbocycles. The molecular formula is C14H18. The van der Waals surface area contributed by atoms with Crippen LogP contribution in [-0.4, -0.2) is 0 Å². The van der Waals surface area contributed by atoms with E-state index >= 15 is 0 Å². The highest BCUT2D eigenvalue weighted by atomic mass is 14.4. The molecule has 2 aliphatic rings. The summed E-state index contributed by atoms with van der Waals surface area (Å²) in [5.41, 5.74) is 10.1. The fraction of sp³-hybridized carbons (Fsp3) is 0.429. The summed E-state index contributed by atoms with van der Waals surface area (Å²) in [5.74, 6) is 0.525. The maximum Gasteiger partial charge on any atom is 0.00668 e. The van der Waals surface area contributed by atoms with Crippen LogP contribution in [0.4, 0.5) is 0 Å². The fourth-order valence-corrected chi connectivity index (χ4v) is 2.74. The Labute approximate surface area is 86.7 Å². The van der Waals surface area contributed by atoms with Crippen LogP contribution < -0.4 is 0 Å². The second-order valence-corrected chi connectivity index (χ2v) is 4.54.